The normalized spacial score (nSPS) is 12.4. The summed E-state index contributed by atoms with van der Waals surface area (Å²) in [5.74, 6) is 0. The fraction of sp³-hybridized carbons (Fsp3) is 0.348. The summed E-state index contributed by atoms with van der Waals surface area (Å²) in [6.07, 6.45) is 3.36. The quantitative estimate of drug-likeness (QED) is 0.674. The van der Waals surface area contributed by atoms with E-state index in [9.17, 15) is 4.79 Å². The molecule has 0 amide bonds. The molecule has 0 aliphatic carbocycles. The molecular weight excluding hydrogens is 320 g/mol. The number of hydrogen-bond donors (Lipinski definition) is 2. The Balaban J connectivity index is 1.88. The molecule has 0 aliphatic rings. The van der Waals surface area contributed by atoms with Gasteiger partial charge < -0.3 is 9.88 Å². The Labute approximate surface area is 155 Å². The summed E-state index contributed by atoms with van der Waals surface area (Å²) in [6.45, 7) is 5.84. The van der Waals surface area contributed by atoms with Crippen molar-refractivity contribution in [2.75, 3.05) is 7.05 Å². The second-order valence-corrected chi connectivity index (χ2v) is 7.34. The van der Waals surface area contributed by atoms with Crippen molar-refractivity contribution in [2.45, 2.75) is 46.2 Å². The molecule has 1 unspecified atom stereocenters. The van der Waals surface area contributed by atoms with Gasteiger partial charge in [0, 0.05) is 22.2 Å². The molecule has 3 heteroatoms. The van der Waals surface area contributed by atoms with Crippen LogP contribution >= 0.6 is 0 Å². The summed E-state index contributed by atoms with van der Waals surface area (Å²) in [4.78, 5) is 17.9. The maximum atomic E-state index is 13.1. The predicted molar refractivity (Wildman–Crippen MR) is 109 cm³/mol. The number of nitrogens with one attached hydrogen (secondary N) is 2. The van der Waals surface area contributed by atoms with Gasteiger partial charge in [0.05, 0.1) is 12.6 Å². The van der Waals surface area contributed by atoms with Gasteiger partial charge in [0.25, 0.3) is 0 Å². The standard InChI is InChI=1S/C23H28N2O/c1-4-5-9-18-12-13-22-20(14-18)23(26)21(17(2)24-22)16-25(3)15-19-10-7-6-8-11-19/h6-8,10-14H,4-5,9,15-16H2,1-3H3,(H,24,26)/p+1. The number of quaternary nitrogens is 1. The molecule has 0 saturated heterocycles. The molecule has 3 rings (SSSR count). The maximum absolute atomic E-state index is 13.1. The number of H-pyrrole nitrogens is 1. The predicted octanol–water partition coefficient (Wildman–Crippen LogP) is 3.39. The van der Waals surface area contributed by atoms with Crippen LogP contribution < -0.4 is 10.3 Å². The van der Waals surface area contributed by atoms with E-state index in [0.717, 1.165) is 48.1 Å². The molecule has 0 radical (unpaired) electrons. The lowest BCUT2D eigenvalue weighted by Crippen LogP contribution is -3.06. The van der Waals surface area contributed by atoms with Crippen LogP contribution in [0.3, 0.4) is 0 Å². The number of aromatic nitrogens is 1. The number of rotatable bonds is 7. The van der Waals surface area contributed by atoms with E-state index in [-0.39, 0.29) is 5.43 Å². The minimum Gasteiger partial charge on any atom is -0.358 e. The highest BCUT2D eigenvalue weighted by atomic mass is 16.1. The van der Waals surface area contributed by atoms with Gasteiger partial charge in [0.1, 0.15) is 13.1 Å². The fourth-order valence-electron chi connectivity index (χ4n) is 3.56. The van der Waals surface area contributed by atoms with Gasteiger partial charge in [-0.05, 0) is 37.5 Å². The first-order valence-electron chi connectivity index (χ1n) is 9.58. The van der Waals surface area contributed by atoms with Gasteiger partial charge in [0.15, 0.2) is 5.43 Å². The average molecular weight is 349 g/mol. The van der Waals surface area contributed by atoms with Crippen molar-refractivity contribution in [3.8, 4) is 0 Å². The zero-order valence-electron chi connectivity index (χ0n) is 16.1. The molecule has 26 heavy (non-hydrogen) atoms. The van der Waals surface area contributed by atoms with Crippen LogP contribution in [0.4, 0.5) is 0 Å². The highest BCUT2D eigenvalue weighted by Gasteiger charge is 2.14. The summed E-state index contributed by atoms with van der Waals surface area (Å²) in [6, 6.07) is 16.7. The van der Waals surface area contributed by atoms with Crippen LogP contribution in [0.15, 0.2) is 53.3 Å². The van der Waals surface area contributed by atoms with Crippen LogP contribution in [-0.2, 0) is 19.5 Å². The number of fused-ring (bicyclic) bond motifs is 1. The Hall–Kier alpha value is -2.39. The third-order valence-corrected chi connectivity index (χ3v) is 5.02. The monoisotopic (exact) mass is 349 g/mol. The van der Waals surface area contributed by atoms with Crippen molar-refractivity contribution in [1.29, 1.82) is 0 Å². The largest absolute Gasteiger partial charge is 0.358 e. The van der Waals surface area contributed by atoms with Crippen molar-refractivity contribution in [3.63, 3.8) is 0 Å². The molecule has 1 aromatic heterocycles. The Morgan fingerprint density at radius 1 is 1.00 bits per heavy atom. The van der Waals surface area contributed by atoms with Gasteiger partial charge in [-0.2, -0.15) is 0 Å². The zero-order chi connectivity index (χ0) is 18.5. The second kappa shape index (κ2) is 8.33. The maximum Gasteiger partial charge on any atom is 0.198 e. The molecule has 0 spiro atoms. The number of unbranched alkanes of at least 4 members (excludes halogenated alkanes) is 1. The number of hydrogen-bond acceptors (Lipinski definition) is 1. The molecule has 2 N–H and O–H groups in total. The molecule has 2 aromatic carbocycles. The van der Waals surface area contributed by atoms with Crippen LogP contribution in [0.5, 0.6) is 0 Å². The highest BCUT2D eigenvalue weighted by Crippen LogP contribution is 2.15. The smallest absolute Gasteiger partial charge is 0.198 e. The van der Waals surface area contributed by atoms with Gasteiger partial charge in [0.2, 0.25) is 0 Å². The summed E-state index contributed by atoms with van der Waals surface area (Å²) in [5, 5.41) is 0.826. The van der Waals surface area contributed by atoms with E-state index in [4.69, 9.17) is 0 Å². The number of aryl methyl sites for hydroxylation is 2. The third kappa shape index (κ3) is 4.23. The van der Waals surface area contributed by atoms with Crippen LogP contribution in [0, 0.1) is 6.92 Å². The summed E-state index contributed by atoms with van der Waals surface area (Å²) in [5.41, 5.74) is 5.56. The van der Waals surface area contributed by atoms with Gasteiger partial charge in [-0.15, -0.1) is 0 Å². The van der Waals surface area contributed by atoms with E-state index in [1.807, 2.05) is 13.0 Å². The molecule has 3 aromatic rings. The Bertz CT molecular complexity index is 928. The van der Waals surface area contributed by atoms with Crippen molar-refractivity contribution >= 4 is 10.9 Å². The van der Waals surface area contributed by atoms with E-state index in [1.54, 1.807) is 0 Å². The van der Waals surface area contributed by atoms with E-state index in [0.29, 0.717) is 0 Å². The molecule has 0 saturated carbocycles. The van der Waals surface area contributed by atoms with Gasteiger partial charge >= 0.3 is 0 Å². The van der Waals surface area contributed by atoms with E-state index in [1.165, 1.54) is 22.4 Å². The lowest BCUT2D eigenvalue weighted by molar-refractivity contribution is -0.907. The minimum atomic E-state index is 0.182. The Morgan fingerprint density at radius 3 is 2.50 bits per heavy atom. The van der Waals surface area contributed by atoms with Crippen LogP contribution in [0.1, 0.15) is 42.1 Å². The minimum absolute atomic E-state index is 0.182. The van der Waals surface area contributed by atoms with Crippen molar-refractivity contribution < 1.29 is 4.90 Å². The van der Waals surface area contributed by atoms with E-state index >= 15 is 0 Å². The van der Waals surface area contributed by atoms with Crippen molar-refractivity contribution in [1.82, 2.24) is 4.98 Å². The second-order valence-electron chi connectivity index (χ2n) is 7.34. The Morgan fingerprint density at radius 2 is 1.77 bits per heavy atom. The van der Waals surface area contributed by atoms with Crippen LogP contribution in [0.25, 0.3) is 10.9 Å². The summed E-state index contributed by atoms with van der Waals surface area (Å²) < 4.78 is 0. The lowest BCUT2D eigenvalue weighted by atomic mass is 10.0. The SMILES string of the molecule is CCCCc1ccc2[nH]c(C)c(C[NH+](C)Cc3ccccc3)c(=O)c2c1. The first kappa shape index (κ1) is 18.4. The average Bonchev–Trinajstić information content (AvgIpc) is 2.64. The molecule has 3 nitrogen and oxygen atoms in total. The van der Waals surface area contributed by atoms with Crippen molar-refractivity contribution in [3.05, 3.63) is 81.1 Å². The van der Waals surface area contributed by atoms with Crippen LogP contribution in [0.2, 0.25) is 0 Å². The highest BCUT2D eigenvalue weighted by molar-refractivity contribution is 5.80. The lowest BCUT2D eigenvalue weighted by Gasteiger charge is -2.16. The zero-order valence-corrected chi connectivity index (χ0v) is 16.1. The van der Waals surface area contributed by atoms with Crippen LogP contribution in [-0.4, -0.2) is 12.0 Å². The molecule has 136 valence electrons. The molecule has 0 aliphatic heterocycles. The Kier molecular flexibility index (Phi) is 5.89. The molecule has 1 heterocycles. The molecule has 0 fully saturated rings. The third-order valence-electron chi connectivity index (χ3n) is 5.02. The molecular formula is C23H29N2O+. The van der Waals surface area contributed by atoms with E-state index in [2.05, 4.69) is 61.4 Å². The van der Waals surface area contributed by atoms with Gasteiger partial charge in [-0.1, -0.05) is 49.7 Å². The summed E-state index contributed by atoms with van der Waals surface area (Å²) in [7, 11) is 2.15. The number of pyridine rings is 1. The van der Waals surface area contributed by atoms with Gasteiger partial charge in [-0.3, -0.25) is 4.79 Å². The first-order valence-corrected chi connectivity index (χ1v) is 9.58. The first-order chi connectivity index (χ1) is 12.6. The number of aromatic amines is 1. The summed E-state index contributed by atoms with van der Waals surface area (Å²) >= 11 is 0. The number of benzene rings is 2. The fourth-order valence-corrected chi connectivity index (χ4v) is 3.56. The topological polar surface area (TPSA) is 37.3 Å². The molecule has 0 bridgehead atoms. The molecule has 1 atom stereocenters. The van der Waals surface area contributed by atoms with E-state index < -0.39 is 0 Å². The van der Waals surface area contributed by atoms with Gasteiger partial charge in [-0.25, -0.2) is 0 Å². The van der Waals surface area contributed by atoms with Crippen molar-refractivity contribution in [2.24, 2.45) is 0 Å².